The summed E-state index contributed by atoms with van der Waals surface area (Å²) in [5, 5.41) is 12.6. The number of nitrogens with one attached hydrogen (secondary N) is 1. The number of rotatable bonds is 8. The van der Waals surface area contributed by atoms with Gasteiger partial charge in [-0.1, -0.05) is 51.0 Å². The van der Waals surface area contributed by atoms with Gasteiger partial charge in [0.05, 0.1) is 12.0 Å². The zero-order valence-corrected chi connectivity index (χ0v) is 19.1. The number of thiophene rings is 1. The largest absolute Gasteiger partial charge is 0.481 e. The van der Waals surface area contributed by atoms with Crippen molar-refractivity contribution < 1.29 is 19.5 Å². The first-order valence-electron chi connectivity index (χ1n) is 10.7. The van der Waals surface area contributed by atoms with Gasteiger partial charge < -0.3 is 16.2 Å². The lowest BCUT2D eigenvalue weighted by Gasteiger charge is -2.26. The van der Waals surface area contributed by atoms with Crippen molar-refractivity contribution in [2.45, 2.75) is 65.2 Å². The molecule has 1 heterocycles. The average Bonchev–Trinajstić information content (AvgIpc) is 3.25. The van der Waals surface area contributed by atoms with Crippen LogP contribution >= 0.6 is 11.3 Å². The Hall–Kier alpha value is -2.67. The molecule has 166 valence electrons. The first kappa shape index (κ1) is 23.0. The molecule has 0 saturated heterocycles. The fourth-order valence-corrected chi connectivity index (χ4v) is 5.72. The smallest absolute Gasteiger partial charge is 0.303 e. The van der Waals surface area contributed by atoms with Crippen LogP contribution in [0.1, 0.15) is 79.1 Å². The third-order valence-corrected chi connectivity index (χ3v) is 7.20. The summed E-state index contributed by atoms with van der Waals surface area (Å²) in [6, 6.07) is 8.03. The van der Waals surface area contributed by atoms with E-state index in [-0.39, 0.29) is 18.7 Å². The van der Waals surface area contributed by atoms with Crippen LogP contribution in [0.3, 0.4) is 0 Å². The first-order valence-corrected chi connectivity index (χ1v) is 11.5. The van der Waals surface area contributed by atoms with Crippen LogP contribution in [0.5, 0.6) is 0 Å². The summed E-state index contributed by atoms with van der Waals surface area (Å²) in [7, 11) is 0. The molecule has 1 aliphatic carbocycles. The SMILES string of the molecule is Cc1sc(NC(=O)CC2(CC(=O)O)CCCC2)c(C(N)=O)c1-c1ccc(C(C)C)cc1. The van der Waals surface area contributed by atoms with Crippen molar-refractivity contribution in [2.24, 2.45) is 11.1 Å². The van der Waals surface area contributed by atoms with E-state index in [1.807, 2.05) is 31.2 Å². The van der Waals surface area contributed by atoms with Crippen LogP contribution in [0.25, 0.3) is 11.1 Å². The Labute approximate surface area is 186 Å². The van der Waals surface area contributed by atoms with Crippen LogP contribution in [0.15, 0.2) is 24.3 Å². The molecule has 2 aromatic rings. The minimum Gasteiger partial charge on any atom is -0.481 e. The highest BCUT2D eigenvalue weighted by Crippen LogP contribution is 2.45. The quantitative estimate of drug-likeness (QED) is 0.514. The van der Waals surface area contributed by atoms with Gasteiger partial charge >= 0.3 is 5.97 Å². The molecule has 1 fully saturated rings. The van der Waals surface area contributed by atoms with Crippen LogP contribution in [0.4, 0.5) is 5.00 Å². The van der Waals surface area contributed by atoms with E-state index >= 15 is 0 Å². The van der Waals surface area contributed by atoms with E-state index in [2.05, 4.69) is 19.2 Å². The van der Waals surface area contributed by atoms with Crippen molar-refractivity contribution in [1.29, 1.82) is 0 Å². The van der Waals surface area contributed by atoms with Gasteiger partial charge in [-0.3, -0.25) is 14.4 Å². The molecule has 1 aromatic heterocycles. The number of benzene rings is 1. The van der Waals surface area contributed by atoms with Crippen LogP contribution < -0.4 is 11.1 Å². The van der Waals surface area contributed by atoms with E-state index in [0.29, 0.717) is 16.5 Å². The Balaban J connectivity index is 1.88. The second-order valence-electron chi connectivity index (χ2n) is 8.88. The van der Waals surface area contributed by atoms with Crippen molar-refractivity contribution in [3.8, 4) is 11.1 Å². The highest BCUT2D eigenvalue weighted by atomic mass is 32.1. The fourth-order valence-electron chi connectivity index (χ4n) is 4.62. The molecule has 1 aromatic carbocycles. The zero-order valence-electron chi connectivity index (χ0n) is 18.3. The molecule has 1 saturated carbocycles. The van der Waals surface area contributed by atoms with E-state index in [1.54, 1.807) is 0 Å². The molecule has 3 rings (SSSR count). The number of hydrogen-bond acceptors (Lipinski definition) is 4. The fraction of sp³-hybridized carbons (Fsp3) is 0.458. The van der Waals surface area contributed by atoms with Gasteiger partial charge in [-0.05, 0) is 42.2 Å². The number of carbonyl (C=O) groups excluding carboxylic acids is 2. The van der Waals surface area contributed by atoms with E-state index in [9.17, 15) is 19.5 Å². The molecule has 0 unspecified atom stereocenters. The van der Waals surface area contributed by atoms with Gasteiger partial charge in [-0.2, -0.15) is 0 Å². The van der Waals surface area contributed by atoms with Gasteiger partial charge in [0.2, 0.25) is 5.91 Å². The maximum absolute atomic E-state index is 12.9. The third-order valence-electron chi connectivity index (χ3n) is 6.18. The van der Waals surface area contributed by atoms with Gasteiger partial charge in [0.25, 0.3) is 5.91 Å². The number of anilines is 1. The predicted octanol–water partition coefficient (Wildman–Crippen LogP) is 5.31. The molecular formula is C24H30N2O4S. The summed E-state index contributed by atoms with van der Waals surface area (Å²) in [5.74, 6) is -1.35. The lowest BCUT2D eigenvalue weighted by Crippen LogP contribution is -2.28. The summed E-state index contributed by atoms with van der Waals surface area (Å²) in [4.78, 5) is 37.4. The molecule has 0 radical (unpaired) electrons. The minimum atomic E-state index is -0.883. The Morgan fingerprint density at radius 3 is 2.26 bits per heavy atom. The number of aryl methyl sites for hydroxylation is 1. The predicted molar refractivity (Wildman–Crippen MR) is 123 cm³/mol. The van der Waals surface area contributed by atoms with Crippen molar-refractivity contribution in [1.82, 2.24) is 0 Å². The number of carboxylic acids is 1. The molecule has 0 bridgehead atoms. The topological polar surface area (TPSA) is 109 Å². The van der Waals surface area contributed by atoms with Gasteiger partial charge in [0.1, 0.15) is 5.00 Å². The second kappa shape index (κ2) is 9.22. The van der Waals surface area contributed by atoms with Crippen molar-refractivity contribution in [2.75, 3.05) is 5.32 Å². The van der Waals surface area contributed by atoms with Gasteiger partial charge in [-0.25, -0.2) is 0 Å². The lowest BCUT2D eigenvalue weighted by molar-refractivity contribution is -0.140. The standard InChI is InChI=1S/C24H30N2O4S/c1-14(2)16-6-8-17(9-7-16)20-15(3)31-23(21(20)22(25)30)26-18(27)12-24(13-19(28)29)10-4-5-11-24/h6-9,14H,4-5,10-13H2,1-3H3,(H2,25,30)(H,26,27)(H,28,29). The van der Waals surface area contributed by atoms with Crippen LogP contribution in [-0.2, 0) is 9.59 Å². The molecule has 4 N–H and O–H groups in total. The molecule has 0 spiro atoms. The lowest BCUT2D eigenvalue weighted by atomic mass is 9.79. The van der Waals surface area contributed by atoms with Gasteiger partial charge in [-0.15, -0.1) is 11.3 Å². The number of nitrogens with two attached hydrogens (primary N) is 1. The number of primary amides is 1. The molecule has 1 aliphatic rings. The first-order chi connectivity index (χ1) is 14.6. The number of carboxylic acid groups (broad SMARTS) is 1. The Bertz CT molecular complexity index is 986. The molecule has 31 heavy (non-hydrogen) atoms. The number of amides is 2. The van der Waals surface area contributed by atoms with E-state index in [0.717, 1.165) is 41.7 Å². The normalized spacial score (nSPS) is 15.2. The monoisotopic (exact) mass is 442 g/mol. The maximum atomic E-state index is 12.9. The Kier molecular flexibility index (Phi) is 6.84. The number of aliphatic carboxylic acids is 1. The highest BCUT2D eigenvalue weighted by molar-refractivity contribution is 7.17. The van der Waals surface area contributed by atoms with E-state index < -0.39 is 17.3 Å². The second-order valence-corrected chi connectivity index (χ2v) is 10.1. The molecule has 7 heteroatoms. The van der Waals surface area contributed by atoms with Crippen LogP contribution in [-0.4, -0.2) is 22.9 Å². The number of carbonyl (C=O) groups is 3. The average molecular weight is 443 g/mol. The Morgan fingerprint density at radius 2 is 1.74 bits per heavy atom. The van der Waals surface area contributed by atoms with Crippen molar-refractivity contribution in [3.05, 3.63) is 40.3 Å². The van der Waals surface area contributed by atoms with E-state index in [4.69, 9.17) is 5.73 Å². The van der Waals surface area contributed by atoms with Crippen LogP contribution in [0.2, 0.25) is 0 Å². The molecular weight excluding hydrogens is 412 g/mol. The van der Waals surface area contributed by atoms with Crippen molar-refractivity contribution >= 4 is 34.1 Å². The van der Waals surface area contributed by atoms with E-state index in [1.165, 1.54) is 16.9 Å². The third kappa shape index (κ3) is 5.15. The summed E-state index contributed by atoms with van der Waals surface area (Å²) in [5.41, 5.74) is 8.34. The molecule has 2 amide bonds. The molecule has 0 aliphatic heterocycles. The van der Waals surface area contributed by atoms with Gasteiger partial charge in [0, 0.05) is 16.9 Å². The Morgan fingerprint density at radius 1 is 1.13 bits per heavy atom. The summed E-state index contributed by atoms with van der Waals surface area (Å²) >= 11 is 1.32. The number of hydrogen-bond donors (Lipinski definition) is 3. The summed E-state index contributed by atoms with van der Waals surface area (Å²) in [6.45, 7) is 6.14. The summed E-state index contributed by atoms with van der Waals surface area (Å²) < 4.78 is 0. The molecule has 6 nitrogen and oxygen atoms in total. The molecule has 0 atom stereocenters. The maximum Gasteiger partial charge on any atom is 0.303 e. The minimum absolute atomic E-state index is 0.0139. The van der Waals surface area contributed by atoms with Gasteiger partial charge in [0.15, 0.2) is 0 Å². The van der Waals surface area contributed by atoms with Crippen molar-refractivity contribution in [3.63, 3.8) is 0 Å². The summed E-state index contributed by atoms with van der Waals surface area (Å²) in [6.07, 6.45) is 3.44. The zero-order chi connectivity index (χ0) is 22.8. The highest BCUT2D eigenvalue weighted by Gasteiger charge is 2.38. The van der Waals surface area contributed by atoms with Crippen LogP contribution in [0, 0.1) is 12.3 Å².